The minimum Gasteiger partial charge on any atom is -0.408 e. The molecule has 3 heteroatoms. The summed E-state index contributed by atoms with van der Waals surface area (Å²) >= 11 is 0. The first-order chi connectivity index (χ1) is 5.75. The van der Waals surface area contributed by atoms with Crippen molar-refractivity contribution in [1.82, 2.24) is 4.90 Å². The van der Waals surface area contributed by atoms with E-state index >= 15 is 0 Å². The minimum absolute atomic E-state index is 0. The zero-order chi connectivity index (χ0) is 8.55. The maximum atomic E-state index is 5.79. The van der Waals surface area contributed by atoms with Crippen LogP contribution in [0.5, 0.6) is 0 Å². The molecule has 1 radical (unpaired) electrons. The summed E-state index contributed by atoms with van der Waals surface area (Å²) in [5.41, 5.74) is 0. The van der Waals surface area contributed by atoms with Gasteiger partial charge < -0.3 is 17.1 Å². The van der Waals surface area contributed by atoms with E-state index < -0.39 is 0 Å². The quantitative estimate of drug-likeness (QED) is 0.528. The van der Waals surface area contributed by atoms with E-state index in [0.29, 0.717) is 6.10 Å². The molecule has 0 bridgehead atoms. The number of ether oxygens (including phenoxy) is 1. The third-order valence-corrected chi connectivity index (χ3v) is 3.05. The number of fused-ring (bicyclic) bond motifs is 1. The van der Waals surface area contributed by atoms with E-state index in [1.54, 1.807) is 0 Å². The van der Waals surface area contributed by atoms with Crippen LogP contribution in [0.2, 0.25) is 0 Å². The van der Waals surface area contributed by atoms with Gasteiger partial charge in [-0.05, 0) is 25.9 Å². The van der Waals surface area contributed by atoms with E-state index in [-0.39, 0.29) is 7.43 Å². The number of likely N-dealkylation sites (N-methyl/N-ethyl adjacent to an activating group) is 1. The Morgan fingerprint density at radius 2 is 2.14 bits per heavy atom. The van der Waals surface area contributed by atoms with Gasteiger partial charge in [0.2, 0.25) is 0 Å². The Hall–Kier alpha value is -1.08. The summed E-state index contributed by atoms with van der Waals surface area (Å²) in [5.74, 6) is 2.34. The van der Waals surface area contributed by atoms with Gasteiger partial charge in [0.1, 0.15) is 0 Å². The number of nitrogens with zero attached hydrogens (tertiary/aromatic N) is 1. The van der Waals surface area contributed by atoms with Crippen molar-refractivity contribution in [3.8, 4) is 0 Å². The largest absolute Gasteiger partial charge is 0.408 e. The fourth-order valence-corrected chi connectivity index (χ4v) is 2.30. The Labute approximate surface area is 82.3 Å². The molecule has 2 rings (SSSR count). The normalized spacial score (nSPS) is 33.9. The topological polar surface area (TPSA) is 12.5 Å². The van der Waals surface area contributed by atoms with E-state index in [0.717, 1.165) is 19.1 Å². The van der Waals surface area contributed by atoms with Gasteiger partial charge in [0.15, 0.2) is 0 Å². The van der Waals surface area contributed by atoms with Crippen molar-refractivity contribution >= 4 is 0 Å². The monoisotopic (exact) mass is 445 g/mol. The Balaban J connectivity index is 0.000000845. The summed E-state index contributed by atoms with van der Waals surface area (Å²) in [6, 6.07) is 0. The zero-order valence-electron chi connectivity index (χ0n) is 9.30. The summed E-state index contributed by atoms with van der Waals surface area (Å²) in [6.45, 7) is 5.50. The van der Waals surface area contributed by atoms with Crippen LogP contribution in [0.25, 0.3) is 0 Å². The van der Waals surface area contributed by atoms with Crippen LogP contribution in [0, 0.1) is 19.3 Å². The molecule has 0 aliphatic carbocycles. The molecule has 93 valence electrons. The molecule has 0 spiro atoms. The zero-order valence-corrected chi connectivity index (χ0v) is 11.5. The van der Waals surface area contributed by atoms with Gasteiger partial charge in [-0.3, -0.25) is 5.92 Å². The van der Waals surface area contributed by atoms with E-state index in [4.69, 9.17) is 4.74 Å². The molecule has 2 heterocycles. The molecule has 0 aromatic rings. The SMILES string of the molecule is C[C-]1COC2CN(C)CCC2C1.[CH3-].[Lr]. The van der Waals surface area contributed by atoms with Crippen LogP contribution in [0.4, 0.5) is 0 Å². The van der Waals surface area contributed by atoms with Crippen molar-refractivity contribution in [3.05, 3.63) is 13.3 Å². The molecule has 2 aliphatic heterocycles. The summed E-state index contributed by atoms with van der Waals surface area (Å²) in [5, 5.41) is 0. The van der Waals surface area contributed by atoms with Crippen LogP contribution >= 0.6 is 0 Å². The smallest absolute Gasteiger partial charge is 0.0670 e. The maximum absolute atomic E-state index is 5.79. The van der Waals surface area contributed by atoms with Crippen LogP contribution < -0.4 is 0 Å². The van der Waals surface area contributed by atoms with Crippen LogP contribution in [0.1, 0.15) is 19.8 Å². The van der Waals surface area contributed by atoms with Gasteiger partial charge in [0.25, 0.3) is 0 Å². The van der Waals surface area contributed by atoms with E-state index in [2.05, 4.69) is 18.9 Å². The molecule has 0 amide bonds. The van der Waals surface area contributed by atoms with Crippen LogP contribution in [-0.2, 0) is 4.74 Å². The summed E-state index contributed by atoms with van der Waals surface area (Å²) < 4.78 is 5.79. The van der Waals surface area contributed by atoms with Gasteiger partial charge in [0.05, 0.1) is 6.10 Å². The molecule has 2 atom stereocenters. The van der Waals surface area contributed by atoms with Gasteiger partial charge >= 0.3 is 0 Å². The van der Waals surface area contributed by atoms with Gasteiger partial charge in [0, 0.05) is 6.54 Å². The number of piperidine rings is 1. The molecule has 2 fully saturated rings. The van der Waals surface area contributed by atoms with Gasteiger partial charge in [-0.2, -0.15) is 13.3 Å². The second-order valence-electron chi connectivity index (χ2n) is 4.32. The van der Waals surface area contributed by atoms with Gasteiger partial charge in [-0.15, -0.1) is 0 Å². The molecule has 2 saturated heterocycles. The molecule has 0 N–H and O–H groups in total. The molecule has 14 heavy (non-hydrogen) atoms. The maximum Gasteiger partial charge on any atom is 0.0670 e. The van der Waals surface area contributed by atoms with Crippen LogP contribution in [0.15, 0.2) is 0 Å². The van der Waals surface area contributed by atoms with E-state index in [1.165, 1.54) is 25.3 Å². The van der Waals surface area contributed by atoms with Crippen molar-refractivity contribution in [3.63, 3.8) is 0 Å². The van der Waals surface area contributed by atoms with Crippen molar-refractivity contribution in [1.29, 1.82) is 0 Å². The third-order valence-electron chi connectivity index (χ3n) is 3.05. The Morgan fingerprint density at radius 1 is 1.43 bits per heavy atom. The first-order valence-corrected chi connectivity index (χ1v) is 4.87. The van der Waals surface area contributed by atoms with Crippen LogP contribution in [-0.4, -0.2) is 37.7 Å². The molecule has 0 aromatic carbocycles. The minimum atomic E-state index is 0. The van der Waals surface area contributed by atoms with E-state index in [9.17, 15) is 0 Å². The van der Waals surface area contributed by atoms with E-state index in [1.807, 2.05) is 0 Å². The molecule has 2 aliphatic rings. The van der Waals surface area contributed by atoms with Gasteiger partial charge in [-0.1, -0.05) is 6.61 Å². The number of likely N-dealkylation sites (tertiary alicyclic amines) is 1. The predicted molar refractivity (Wildman–Crippen MR) is 55.3 cm³/mol. The summed E-state index contributed by atoms with van der Waals surface area (Å²) in [4.78, 5) is 2.38. The average molecular weight is 445 g/mol. The summed E-state index contributed by atoms with van der Waals surface area (Å²) in [6.07, 6.45) is 3.14. The molecular formula is C11H21LrNO-2. The second-order valence-corrected chi connectivity index (χ2v) is 4.32. The standard InChI is InChI=1S/C10H18NO.CH3.Lr/c1-8-5-9-3-4-11(2)6-10(9)12-7-8;;/h9-10H,3-7H2,1-2H3;1H3;/q2*-1;. The number of rotatable bonds is 0. The Kier molecular flexibility index (Phi) is 4.58. The molecule has 0 aromatic heterocycles. The molecular weight excluding hydrogens is 424 g/mol. The molecule has 2 unspecified atom stereocenters. The van der Waals surface area contributed by atoms with Crippen molar-refractivity contribution in [2.45, 2.75) is 25.9 Å². The van der Waals surface area contributed by atoms with Crippen molar-refractivity contribution in [2.75, 3.05) is 26.7 Å². The predicted octanol–water partition coefficient (Wildman–Crippen LogP) is 1.77. The van der Waals surface area contributed by atoms with Crippen molar-refractivity contribution in [2.24, 2.45) is 5.92 Å². The molecule has 2 nitrogen and oxygen atoms in total. The van der Waals surface area contributed by atoms with Crippen molar-refractivity contribution < 1.29 is 4.74 Å². The number of hydrogen-bond donors (Lipinski definition) is 0. The molecule has 0 saturated carbocycles. The first kappa shape index (κ1) is 12.9. The second kappa shape index (κ2) is 4.97. The third kappa shape index (κ3) is 2.46. The summed E-state index contributed by atoms with van der Waals surface area (Å²) in [7, 11) is 2.19. The fraction of sp³-hybridized carbons (Fsp3) is 0.818. The first-order valence-electron chi connectivity index (χ1n) is 4.87. The number of hydrogen-bond acceptors (Lipinski definition) is 2. The Bertz CT molecular complexity index is 147. The average Bonchev–Trinajstić information content (AvgIpc) is 2.05. The van der Waals surface area contributed by atoms with Crippen LogP contribution in [0.3, 0.4) is 0 Å². The Morgan fingerprint density at radius 3 is 2.86 bits per heavy atom. The van der Waals surface area contributed by atoms with Gasteiger partial charge in [-0.25, -0.2) is 0 Å². The fourth-order valence-electron chi connectivity index (χ4n) is 2.30.